The van der Waals surface area contributed by atoms with Gasteiger partial charge in [0.2, 0.25) is 5.91 Å². The molecule has 1 aliphatic heterocycles. The van der Waals surface area contributed by atoms with Crippen molar-refractivity contribution >= 4 is 30.7 Å². The van der Waals surface area contributed by atoms with Gasteiger partial charge in [0.15, 0.2) is 0 Å². The van der Waals surface area contributed by atoms with Crippen LogP contribution in [0.5, 0.6) is 0 Å². The quantitative estimate of drug-likeness (QED) is 0.845. The van der Waals surface area contributed by atoms with Crippen molar-refractivity contribution in [3.05, 3.63) is 18.0 Å². The molecule has 132 valence electrons. The summed E-state index contributed by atoms with van der Waals surface area (Å²) < 4.78 is 1.98. The summed E-state index contributed by atoms with van der Waals surface area (Å²) in [5.41, 5.74) is 1.33. The number of carbonyl (C=O) groups excluding carboxylic acids is 1. The Morgan fingerprint density at radius 1 is 1.26 bits per heavy atom. The van der Waals surface area contributed by atoms with Crippen LogP contribution in [0, 0.1) is 5.92 Å². The van der Waals surface area contributed by atoms with Gasteiger partial charge in [0.25, 0.3) is 0 Å². The maximum Gasteiger partial charge on any atom is 0.236 e. The van der Waals surface area contributed by atoms with Crippen molar-refractivity contribution < 1.29 is 4.79 Å². The molecule has 7 heteroatoms. The van der Waals surface area contributed by atoms with Crippen molar-refractivity contribution in [2.24, 2.45) is 5.92 Å². The lowest BCUT2D eigenvalue weighted by Crippen LogP contribution is -2.42. The monoisotopic (exact) mass is 362 g/mol. The Balaban J connectivity index is 0.00000132. The smallest absolute Gasteiger partial charge is 0.236 e. The summed E-state index contributed by atoms with van der Waals surface area (Å²) in [7, 11) is 0. The Labute approximate surface area is 151 Å². The molecule has 0 radical (unpaired) electrons. The highest BCUT2D eigenvalue weighted by atomic mass is 35.5. The Kier molecular flexibility index (Phi) is 8.37. The van der Waals surface area contributed by atoms with Gasteiger partial charge in [-0.05, 0) is 56.6 Å². The number of nitrogens with zero attached hydrogens (tertiary/aromatic N) is 3. The largest absolute Gasteiger partial charge is 0.342 e. The number of aromatic nitrogens is 2. The summed E-state index contributed by atoms with van der Waals surface area (Å²) in [5.74, 6) is 1.66. The lowest BCUT2D eigenvalue weighted by atomic mass is 9.91. The predicted molar refractivity (Wildman–Crippen MR) is 96.5 cm³/mol. The number of hydrogen-bond acceptors (Lipinski definition) is 3. The summed E-state index contributed by atoms with van der Waals surface area (Å²) in [6.45, 7) is 6.31. The third-order valence-corrected chi connectivity index (χ3v) is 4.70. The molecule has 1 aliphatic carbocycles. The van der Waals surface area contributed by atoms with Gasteiger partial charge in [0.05, 0.1) is 12.7 Å². The minimum atomic E-state index is 0. The molecular formula is C16H28Cl2N4O. The highest BCUT2D eigenvalue weighted by molar-refractivity contribution is 5.85. The molecule has 0 bridgehead atoms. The fourth-order valence-electron chi connectivity index (χ4n) is 3.04. The minimum Gasteiger partial charge on any atom is -0.342 e. The van der Waals surface area contributed by atoms with Gasteiger partial charge in [0.1, 0.15) is 0 Å². The first-order chi connectivity index (χ1) is 10.3. The van der Waals surface area contributed by atoms with E-state index in [9.17, 15) is 4.79 Å². The molecule has 5 nitrogen and oxygen atoms in total. The van der Waals surface area contributed by atoms with Crippen molar-refractivity contribution in [2.45, 2.75) is 45.1 Å². The molecule has 2 heterocycles. The summed E-state index contributed by atoms with van der Waals surface area (Å²) in [6.07, 6.45) is 8.92. The maximum atomic E-state index is 12.1. The zero-order chi connectivity index (χ0) is 14.7. The molecule has 2 aliphatic rings. The molecule has 0 unspecified atom stereocenters. The molecule has 3 rings (SSSR count). The number of piperidine rings is 1. The maximum absolute atomic E-state index is 12.1. The molecule has 1 saturated carbocycles. The fraction of sp³-hybridized carbons (Fsp3) is 0.750. The van der Waals surface area contributed by atoms with Gasteiger partial charge < -0.3 is 10.2 Å². The van der Waals surface area contributed by atoms with Gasteiger partial charge in [-0.25, -0.2) is 0 Å². The van der Waals surface area contributed by atoms with Gasteiger partial charge >= 0.3 is 0 Å². The van der Waals surface area contributed by atoms with Gasteiger partial charge in [0, 0.05) is 25.8 Å². The van der Waals surface area contributed by atoms with Crippen LogP contribution in [-0.4, -0.2) is 46.8 Å². The first-order valence-corrected chi connectivity index (χ1v) is 8.27. The van der Waals surface area contributed by atoms with Crippen LogP contribution >= 0.6 is 24.8 Å². The second kappa shape index (κ2) is 9.50. The van der Waals surface area contributed by atoms with Gasteiger partial charge in [-0.3, -0.25) is 9.48 Å². The molecule has 0 atom stereocenters. The lowest BCUT2D eigenvalue weighted by molar-refractivity contribution is -0.131. The Bertz CT molecular complexity index is 482. The van der Waals surface area contributed by atoms with Crippen LogP contribution in [0.2, 0.25) is 0 Å². The van der Waals surface area contributed by atoms with Gasteiger partial charge in [-0.15, -0.1) is 24.8 Å². The van der Waals surface area contributed by atoms with Crippen LogP contribution in [0.1, 0.15) is 44.1 Å². The standard InChI is InChI=1S/C16H26N4O.2ClH/c1-2-20-12-15(10-18-20)14-5-7-19(8-6-14)16(21)11-17-9-13-3-4-13;;/h10,12-14,17H,2-9,11H2,1H3;2*1H. The third-order valence-electron chi connectivity index (χ3n) is 4.70. The molecular weight excluding hydrogens is 335 g/mol. The van der Waals surface area contributed by atoms with Crippen molar-refractivity contribution in [1.29, 1.82) is 0 Å². The van der Waals surface area contributed by atoms with E-state index in [1.165, 1.54) is 18.4 Å². The number of aryl methyl sites for hydroxylation is 1. The van der Waals surface area contributed by atoms with Crippen LogP contribution in [0.4, 0.5) is 0 Å². The lowest BCUT2D eigenvalue weighted by Gasteiger charge is -2.31. The van der Waals surface area contributed by atoms with Crippen LogP contribution in [0.3, 0.4) is 0 Å². The average Bonchev–Trinajstić information content (AvgIpc) is 3.21. The normalized spacial score (nSPS) is 18.2. The molecule has 1 aromatic rings. The van der Waals surface area contributed by atoms with E-state index in [1.807, 2.05) is 15.8 Å². The molecule has 2 fully saturated rings. The predicted octanol–water partition coefficient (Wildman–Crippen LogP) is 2.45. The summed E-state index contributed by atoms with van der Waals surface area (Å²) in [4.78, 5) is 14.2. The number of likely N-dealkylation sites (tertiary alicyclic amines) is 1. The second-order valence-corrected chi connectivity index (χ2v) is 6.36. The van der Waals surface area contributed by atoms with E-state index in [0.29, 0.717) is 12.5 Å². The number of carbonyl (C=O) groups is 1. The second-order valence-electron chi connectivity index (χ2n) is 6.36. The van der Waals surface area contributed by atoms with Crippen LogP contribution in [0.25, 0.3) is 0 Å². The first kappa shape index (κ1) is 20.3. The van der Waals surface area contributed by atoms with Gasteiger partial charge in [-0.1, -0.05) is 0 Å². The average molecular weight is 363 g/mol. The first-order valence-electron chi connectivity index (χ1n) is 8.27. The Morgan fingerprint density at radius 3 is 2.52 bits per heavy atom. The summed E-state index contributed by atoms with van der Waals surface area (Å²) >= 11 is 0. The highest BCUT2D eigenvalue weighted by Crippen LogP contribution is 2.28. The van der Waals surface area contributed by atoms with E-state index >= 15 is 0 Å². The van der Waals surface area contributed by atoms with E-state index in [-0.39, 0.29) is 30.7 Å². The zero-order valence-corrected chi connectivity index (χ0v) is 15.4. The van der Waals surface area contributed by atoms with Crippen LogP contribution in [0.15, 0.2) is 12.4 Å². The highest BCUT2D eigenvalue weighted by Gasteiger charge is 2.25. The van der Waals surface area contributed by atoms with Crippen LogP contribution in [-0.2, 0) is 11.3 Å². The molecule has 1 saturated heterocycles. The molecule has 23 heavy (non-hydrogen) atoms. The topological polar surface area (TPSA) is 50.2 Å². The number of halogens is 2. The summed E-state index contributed by atoms with van der Waals surface area (Å²) in [5, 5.41) is 7.65. The molecule has 0 aromatic carbocycles. The number of rotatable bonds is 6. The number of nitrogens with one attached hydrogen (secondary N) is 1. The van der Waals surface area contributed by atoms with Gasteiger partial charge in [-0.2, -0.15) is 5.10 Å². The zero-order valence-electron chi connectivity index (χ0n) is 13.7. The number of amides is 1. The molecule has 1 N–H and O–H groups in total. The number of hydrogen-bond donors (Lipinski definition) is 1. The Hall–Kier alpha value is -0.780. The van der Waals surface area contributed by atoms with Crippen molar-refractivity contribution in [2.75, 3.05) is 26.2 Å². The van der Waals surface area contributed by atoms with E-state index in [0.717, 1.165) is 44.9 Å². The minimum absolute atomic E-state index is 0. The van der Waals surface area contributed by atoms with Crippen LogP contribution < -0.4 is 5.32 Å². The SMILES string of the molecule is CCn1cc(C2CCN(C(=O)CNCC3CC3)CC2)cn1.Cl.Cl. The fourth-order valence-corrected chi connectivity index (χ4v) is 3.04. The van der Waals surface area contributed by atoms with E-state index in [2.05, 4.69) is 23.5 Å². The van der Waals surface area contributed by atoms with Crippen molar-refractivity contribution in [3.63, 3.8) is 0 Å². The molecule has 0 spiro atoms. The Morgan fingerprint density at radius 2 is 1.96 bits per heavy atom. The van der Waals surface area contributed by atoms with E-state index < -0.39 is 0 Å². The van der Waals surface area contributed by atoms with E-state index in [4.69, 9.17) is 0 Å². The molecule has 1 aromatic heterocycles. The summed E-state index contributed by atoms with van der Waals surface area (Å²) in [6, 6.07) is 0. The third kappa shape index (κ3) is 5.66. The van der Waals surface area contributed by atoms with Crippen molar-refractivity contribution in [3.8, 4) is 0 Å². The van der Waals surface area contributed by atoms with Crippen molar-refractivity contribution in [1.82, 2.24) is 20.0 Å². The molecule has 1 amide bonds. The van der Waals surface area contributed by atoms with E-state index in [1.54, 1.807) is 0 Å².